The van der Waals surface area contributed by atoms with Crippen LogP contribution in [0, 0.1) is 0 Å². The Morgan fingerprint density at radius 1 is 0.909 bits per heavy atom. The van der Waals surface area contributed by atoms with Crippen LogP contribution >= 0.6 is 0 Å². The monoisotopic (exact) mass is 288 g/mol. The average Bonchev–Trinajstić information content (AvgIpc) is 2.59. The number of carbonyl (C=O) groups excluding carboxylic acids is 1. The van der Waals surface area contributed by atoms with Gasteiger partial charge in [-0.3, -0.25) is 4.79 Å². The smallest absolute Gasteiger partial charge is 0.185 e. The van der Waals surface area contributed by atoms with Crippen molar-refractivity contribution in [3.63, 3.8) is 0 Å². The molecule has 0 amide bonds. The van der Waals surface area contributed by atoms with Gasteiger partial charge in [-0.25, -0.2) is 0 Å². The van der Waals surface area contributed by atoms with E-state index in [2.05, 4.69) is 18.2 Å². The number of benzene rings is 3. The molecule has 0 saturated carbocycles. The van der Waals surface area contributed by atoms with E-state index in [1.807, 2.05) is 30.3 Å². The lowest BCUT2D eigenvalue weighted by molar-refractivity contribution is 0.104. The van der Waals surface area contributed by atoms with Crippen LogP contribution in [0.4, 0.5) is 0 Å². The van der Waals surface area contributed by atoms with Crippen LogP contribution in [0.2, 0.25) is 0 Å². The molecule has 0 spiro atoms. The van der Waals surface area contributed by atoms with Gasteiger partial charge in [-0.15, -0.1) is 0 Å². The highest BCUT2D eigenvalue weighted by atomic mass is 16.5. The Morgan fingerprint density at radius 2 is 1.64 bits per heavy atom. The number of hydrogen-bond donors (Lipinski definition) is 0. The molecule has 0 aromatic heterocycles. The van der Waals surface area contributed by atoms with Crippen LogP contribution in [0.5, 0.6) is 5.75 Å². The molecule has 3 aromatic rings. The number of allylic oxidation sites excluding steroid dienone is 1. The van der Waals surface area contributed by atoms with E-state index in [0.717, 1.165) is 16.7 Å². The summed E-state index contributed by atoms with van der Waals surface area (Å²) in [6.45, 7) is 0. The SMILES string of the molecule is COc1ccc(C(=O)C=Cc2cccc3ccccc23)cc1. The third-order valence-corrected chi connectivity index (χ3v) is 3.61. The van der Waals surface area contributed by atoms with Gasteiger partial charge < -0.3 is 4.74 Å². The molecule has 2 heteroatoms. The van der Waals surface area contributed by atoms with Crippen molar-refractivity contribution < 1.29 is 9.53 Å². The van der Waals surface area contributed by atoms with Gasteiger partial charge in [-0.2, -0.15) is 0 Å². The molecule has 0 bridgehead atoms. The number of fused-ring (bicyclic) bond motifs is 1. The van der Waals surface area contributed by atoms with Gasteiger partial charge in [0.05, 0.1) is 7.11 Å². The summed E-state index contributed by atoms with van der Waals surface area (Å²) in [5.74, 6) is 0.727. The second-order valence-electron chi connectivity index (χ2n) is 4.99. The Bertz CT molecular complexity index is 824. The van der Waals surface area contributed by atoms with Crippen LogP contribution < -0.4 is 4.74 Å². The fourth-order valence-electron chi connectivity index (χ4n) is 2.41. The van der Waals surface area contributed by atoms with Crippen molar-refractivity contribution in [2.24, 2.45) is 0 Å². The van der Waals surface area contributed by atoms with Gasteiger partial charge >= 0.3 is 0 Å². The summed E-state index contributed by atoms with van der Waals surface area (Å²) in [5, 5.41) is 2.31. The minimum atomic E-state index is -0.0180. The Hall–Kier alpha value is -2.87. The lowest BCUT2D eigenvalue weighted by atomic mass is 10.0. The van der Waals surface area contributed by atoms with Crippen LogP contribution in [-0.4, -0.2) is 12.9 Å². The van der Waals surface area contributed by atoms with Crippen molar-refractivity contribution in [2.45, 2.75) is 0 Å². The summed E-state index contributed by atoms with van der Waals surface area (Å²) < 4.78 is 5.10. The van der Waals surface area contributed by atoms with E-state index in [9.17, 15) is 4.79 Å². The van der Waals surface area contributed by atoms with Gasteiger partial charge in [0, 0.05) is 5.56 Å². The van der Waals surface area contributed by atoms with E-state index in [-0.39, 0.29) is 5.78 Å². The summed E-state index contributed by atoms with van der Waals surface area (Å²) in [5.41, 5.74) is 1.69. The number of rotatable bonds is 4. The molecule has 0 saturated heterocycles. The fraction of sp³-hybridized carbons (Fsp3) is 0.0500. The van der Waals surface area contributed by atoms with E-state index in [4.69, 9.17) is 4.74 Å². The molecule has 0 aliphatic heterocycles. The molecule has 22 heavy (non-hydrogen) atoms. The maximum atomic E-state index is 12.2. The Balaban J connectivity index is 1.87. The summed E-state index contributed by atoms with van der Waals surface area (Å²) in [4.78, 5) is 12.2. The zero-order valence-corrected chi connectivity index (χ0v) is 12.3. The normalized spacial score (nSPS) is 11.0. The Morgan fingerprint density at radius 3 is 2.41 bits per heavy atom. The lowest BCUT2D eigenvalue weighted by Gasteiger charge is -2.02. The van der Waals surface area contributed by atoms with Crippen molar-refractivity contribution in [2.75, 3.05) is 7.11 Å². The number of ether oxygens (including phenoxy) is 1. The topological polar surface area (TPSA) is 26.3 Å². The molecule has 0 fully saturated rings. The van der Waals surface area contributed by atoms with Crippen molar-refractivity contribution in [1.82, 2.24) is 0 Å². The first-order valence-electron chi connectivity index (χ1n) is 7.12. The lowest BCUT2D eigenvalue weighted by Crippen LogP contribution is -1.94. The number of methoxy groups -OCH3 is 1. The summed E-state index contributed by atoms with van der Waals surface area (Å²) in [6, 6.07) is 21.4. The highest BCUT2D eigenvalue weighted by Gasteiger charge is 2.02. The quantitative estimate of drug-likeness (QED) is 0.512. The molecule has 108 valence electrons. The van der Waals surface area contributed by atoms with Crippen LogP contribution in [0.1, 0.15) is 15.9 Å². The number of ketones is 1. The van der Waals surface area contributed by atoms with Crippen molar-refractivity contribution in [3.8, 4) is 5.75 Å². The molecular weight excluding hydrogens is 272 g/mol. The Kier molecular flexibility index (Phi) is 4.01. The maximum Gasteiger partial charge on any atom is 0.185 e. The molecule has 3 rings (SSSR count). The minimum Gasteiger partial charge on any atom is -0.497 e. The molecule has 0 unspecified atom stereocenters. The first-order valence-corrected chi connectivity index (χ1v) is 7.12. The number of hydrogen-bond acceptors (Lipinski definition) is 2. The standard InChI is InChI=1S/C20H16O2/c1-22-18-12-9-17(10-13-18)20(21)14-11-16-7-4-6-15-5-2-3-8-19(15)16/h2-14H,1H3. The van der Waals surface area contributed by atoms with Crippen LogP contribution in [-0.2, 0) is 0 Å². The van der Waals surface area contributed by atoms with Crippen LogP contribution in [0.3, 0.4) is 0 Å². The zero-order valence-electron chi connectivity index (χ0n) is 12.3. The first kappa shape index (κ1) is 14.1. The van der Waals surface area contributed by atoms with Gasteiger partial charge in [0.1, 0.15) is 5.75 Å². The molecule has 0 atom stereocenters. The molecule has 3 aromatic carbocycles. The number of carbonyl (C=O) groups is 1. The molecule has 0 heterocycles. The van der Waals surface area contributed by atoms with Gasteiger partial charge in [0.2, 0.25) is 0 Å². The predicted octanol–water partition coefficient (Wildman–Crippen LogP) is 4.74. The van der Waals surface area contributed by atoms with Crippen LogP contribution in [0.15, 0.2) is 72.8 Å². The minimum absolute atomic E-state index is 0.0180. The van der Waals surface area contributed by atoms with Gasteiger partial charge in [0.15, 0.2) is 5.78 Å². The second-order valence-corrected chi connectivity index (χ2v) is 4.99. The third kappa shape index (κ3) is 2.91. The second kappa shape index (κ2) is 6.27. The molecule has 0 radical (unpaired) electrons. The average molecular weight is 288 g/mol. The highest BCUT2D eigenvalue weighted by Crippen LogP contribution is 2.20. The van der Waals surface area contributed by atoms with E-state index < -0.39 is 0 Å². The molecule has 2 nitrogen and oxygen atoms in total. The molecule has 0 N–H and O–H groups in total. The first-order chi connectivity index (χ1) is 10.8. The van der Waals surface area contributed by atoms with E-state index in [1.54, 1.807) is 37.5 Å². The highest BCUT2D eigenvalue weighted by molar-refractivity contribution is 6.07. The molecule has 0 aliphatic carbocycles. The largest absolute Gasteiger partial charge is 0.497 e. The summed E-state index contributed by atoms with van der Waals surface area (Å²) in [6.07, 6.45) is 3.48. The zero-order chi connectivity index (χ0) is 15.4. The van der Waals surface area contributed by atoms with Crippen molar-refractivity contribution in [3.05, 3.63) is 83.9 Å². The van der Waals surface area contributed by atoms with Crippen molar-refractivity contribution >= 4 is 22.6 Å². The summed E-state index contributed by atoms with van der Waals surface area (Å²) >= 11 is 0. The third-order valence-electron chi connectivity index (χ3n) is 3.61. The van der Waals surface area contributed by atoms with Gasteiger partial charge in [-0.05, 0) is 46.7 Å². The molecular formula is C20H16O2. The van der Waals surface area contributed by atoms with Gasteiger partial charge in [-0.1, -0.05) is 48.5 Å². The predicted molar refractivity (Wildman–Crippen MR) is 90.3 cm³/mol. The van der Waals surface area contributed by atoms with Crippen molar-refractivity contribution in [1.29, 1.82) is 0 Å². The van der Waals surface area contributed by atoms with Gasteiger partial charge in [0.25, 0.3) is 0 Å². The van der Waals surface area contributed by atoms with E-state index in [0.29, 0.717) is 5.56 Å². The summed E-state index contributed by atoms with van der Waals surface area (Å²) in [7, 11) is 1.61. The van der Waals surface area contributed by atoms with Crippen LogP contribution in [0.25, 0.3) is 16.8 Å². The van der Waals surface area contributed by atoms with E-state index >= 15 is 0 Å². The van der Waals surface area contributed by atoms with E-state index in [1.165, 1.54) is 5.39 Å². The maximum absolute atomic E-state index is 12.2. The molecule has 0 aliphatic rings. The Labute approximate surface area is 129 Å². The fourth-order valence-corrected chi connectivity index (χ4v) is 2.41.